The number of hydrogen-bond donors (Lipinski definition) is 2. The van der Waals surface area contributed by atoms with Crippen molar-refractivity contribution in [1.82, 2.24) is 9.55 Å². The molecule has 1 heterocycles. The molecule has 1 atom stereocenters. The van der Waals surface area contributed by atoms with Gasteiger partial charge in [0.1, 0.15) is 11.5 Å². The van der Waals surface area contributed by atoms with Crippen LogP contribution in [-0.4, -0.2) is 29.7 Å². The van der Waals surface area contributed by atoms with Crippen LogP contribution in [0, 0.1) is 10.7 Å². The molecule has 2 aromatic rings. The lowest BCUT2D eigenvalue weighted by Gasteiger charge is -2.18. The zero-order chi connectivity index (χ0) is 17.9. The van der Waals surface area contributed by atoms with Gasteiger partial charge in [-0.05, 0) is 24.4 Å². The summed E-state index contributed by atoms with van der Waals surface area (Å²) < 4.78 is 12.5. The summed E-state index contributed by atoms with van der Waals surface area (Å²) in [7, 11) is 3.08. The summed E-state index contributed by atoms with van der Waals surface area (Å²) in [5.74, 6) is 0.243. The summed E-state index contributed by atoms with van der Waals surface area (Å²) in [5.41, 5.74) is 6.21. The van der Waals surface area contributed by atoms with E-state index in [0.717, 1.165) is 0 Å². The van der Waals surface area contributed by atoms with Gasteiger partial charge in [0.25, 0.3) is 5.56 Å². The van der Waals surface area contributed by atoms with E-state index in [1.807, 2.05) is 0 Å². The van der Waals surface area contributed by atoms with Crippen LogP contribution < -0.4 is 20.8 Å². The third-order valence-electron chi connectivity index (χ3n) is 3.66. The Morgan fingerprint density at radius 2 is 2.04 bits per heavy atom. The second-order valence-corrected chi connectivity index (χ2v) is 5.69. The Morgan fingerprint density at radius 3 is 2.62 bits per heavy atom. The van der Waals surface area contributed by atoms with Crippen LogP contribution in [0.4, 0.5) is 0 Å². The molecule has 1 aromatic heterocycles. The molecule has 1 aromatic carbocycles. The molecule has 0 spiro atoms. The molecule has 0 saturated carbocycles. The number of amides is 1. The van der Waals surface area contributed by atoms with Gasteiger partial charge in [0, 0.05) is 24.2 Å². The number of rotatable bonds is 6. The van der Waals surface area contributed by atoms with Gasteiger partial charge in [0.2, 0.25) is 5.91 Å². The Kier molecular flexibility index (Phi) is 5.40. The molecule has 0 aliphatic heterocycles. The maximum absolute atomic E-state index is 11.9. The van der Waals surface area contributed by atoms with E-state index in [2.05, 4.69) is 4.98 Å². The third-order valence-corrected chi connectivity index (χ3v) is 3.98. The Bertz CT molecular complexity index is 872. The normalized spacial score (nSPS) is 11.8. The van der Waals surface area contributed by atoms with Gasteiger partial charge in [-0.3, -0.25) is 14.6 Å². The summed E-state index contributed by atoms with van der Waals surface area (Å²) in [6, 6.07) is 6.64. The van der Waals surface area contributed by atoms with E-state index in [1.54, 1.807) is 36.8 Å². The number of aromatic nitrogens is 2. The van der Waals surface area contributed by atoms with Crippen LogP contribution in [0.5, 0.6) is 11.5 Å². The van der Waals surface area contributed by atoms with E-state index in [4.69, 9.17) is 27.4 Å². The fraction of sp³-hybridized carbons (Fsp3) is 0.312. The van der Waals surface area contributed by atoms with Gasteiger partial charge in [-0.1, -0.05) is 6.92 Å². The zero-order valence-electron chi connectivity index (χ0n) is 13.7. The second kappa shape index (κ2) is 7.31. The third kappa shape index (κ3) is 3.65. The van der Waals surface area contributed by atoms with E-state index in [9.17, 15) is 9.59 Å². The lowest BCUT2D eigenvalue weighted by Crippen LogP contribution is -2.27. The number of nitrogens with zero attached hydrogens (tertiary/aromatic N) is 1. The molecule has 2 rings (SSSR count). The first-order valence-electron chi connectivity index (χ1n) is 7.23. The Labute approximate surface area is 144 Å². The molecule has 1 amide bonds. The van der Waals surface area contributed by atoms with Crippen molar-refractivity contribution in [3.05, 3.63) is 39.4 Å². The van der Waals surface area contributed by atoms with Crippen molar-refractivity contribution in [2.75, 3.05) is 14.2 Å². The summed E-state index contributed by atoms with van der Waals surface area (Å²) in [6.45, 7) is 1.94. The smallest absolute Gasteiger partial charge is 0.252 e. The maximum Gasteiger partial charge on any atom is 0.252 e. The van der Waals surface area contributed by atoms with Gasteiger partial charge >= 0.3 is 0 Å². The topological polar surface area (TPSA) is 99.3 Å². The number of nitrogens with two attached hydrogens (primary N) is 1. The number of nitrogens with one attached hydrogen (secondary N) is 1. The molecule has 0 saturated heterocycles. The Hall–Kier alpha value is -2.61. The van der Waals surface area contributed by atoms with Crippen molar-refractivity contribution in [1.29, 1.82) is 0 Å². The van der Waals surface area contributed by atoms with Gasteiger partial charge in [0.05, 0.1) is 25.8 Å². The molecule has 0 fully saturated rings. The van der Waals surface area contributed by atoms with Crippen LogP contribution in [0.15, 0.2) is 29.1 Å². The number of benzene rings is 1. The Morgan fingerprint density at radius 1 is 1.33 bits per heavy atom. The highest BCUT2D eigenvalue weighted by Crippen LogP contribution is 2.33. The largest absolute Gasteiger partial charge is 0.497 e. The summed E-state index contributed by atoms with van der Waals surface area (Å²) in [4.78, 5) is 25.8. The number of carbonyl (C=O) groups excluding carboxylic acids is 1. The molecule has 1 unspecified atom stereocenters. The predicted molar refractivity (Wildman–Crippen MR) is 92.8 cm³/mol. The maximum atomic E-state index is 11.9. The Balaban J connectivity index is 2.67. The number of primary amides is 1. The van der Waals surface area contributed by atoms with Crippen LogP contribution in [0.3, 0.4) is 0 Å². The molecular formula is C16H19N3O4S. The molecular weight excluding hydrogens is 330 g/mol. The van der Waals surface area contributed by atoms with Crippen LogP contribution in [0.1, 0.15) is 6.92 Å². The van der Waals surface area contributed by atoms with Gasteiger partial charge in [-0.25, -0.2) is 0 Å². The fourth-order valence-corrected chi connectivity index (χ4v) is 2.57. The zero-order valence-corrected chi connectivity index (χ0v) is 14.5. The van der Waals surface area contributed by atoms with Crippen molar-refractivity contribution in [2.45, 2.75) is 13.5 Å². The van der Waals surface area contributed by atoms with Gasteiger partial charge in [-0.15, -0.1) is 0 Å². The lowest BCUT2D eigenvalue weighted by atomic mass is 10.1. The van der Waals surface area contributed by atoms with E-state index >= 15 is 0 Å². The quantitative estimate of drug-likeness (QED) is 0.774. The van der Waals surface area contributed by atoms with Crippen LogP contribution in [0.25, 0.3) is 11.3 Å². The monoisotopic (exact) mass is 349 g/mol. The highest BCUT2D eigenvalue weighted by Gasteiger charge is 2.16. The standard InChI is InChI=1S/C16H19N3O4S/c1-9(15(17)21)8-19-12(7-14(20)18-16(19)24)11-5-4-10(22-2)6-13(11)23-3/h4-7,9H,8H2,1-3H3,(H2,17,21)(H,18,20,24). The number of aromatic amines is 1. The molecule has 128 valence electrons. The average molecular weight is 349 g/mol. The first kappa shape index (κ1) is 17.7. The van der Waals surface area contributed by atoms with Crippen molar-refractivity contribution >= 4 is 18.1 Å². The van der Waals surface area contributed by atoms with Crippen molar-refractivity contribution in [2.24, 2.45) is 11.7 Å². The van der Waals surface area contributed by atoms with E-state index in [-0.39, 0.29) is 16.9 Å². The fourth-order valence-electron chi connectivity index (χ4n) is 2.30. The van der Waals surface area contributed by atoms with Crippen molar-refractivity contribution < 1.29 is 14.3 Å². The van der Waals surface area contributed by atoms with Gasteiger partial charge in [0.15, 0.2) is 4.77 Å². The van der Waals surface area contributed by atoms with Gasteiger partial charge in [-0.2, -0.15) is 0 Å². The van der Waals surface area contributed by atoms with E-state index < -0.39 is 11.8 Å². The molecule has 8 heteroatoms. The number of methoxy groups -OCH3 is 2. The first-order chi connectivity index (χ1) is 11.4. The minimum Gasteiger partial charge on any atom is -0.497 e. The van der Waals surface area contributed by atoms with E-state index in [1.165, 1.54) is 13.2 Å². The second-order valence-electron chi connectivity index (χ2n) is 5.30. The summed E-state index contributed by atoms with van der Waals surface area (Å²) >= 11 is 5.25. The summed E-state index contributed by atoms with van der Waals surface area (Å²) in [5, 5.41) is 0. The minimum atomic E-state index is -0.453. The molecule has 0 radical (unpaired) electrons. The molecule has 0 bridgehead atoms. The molecule has 3 N–H and O–H groups in total. The van der Waals surface area contributed by atoms with Crippen LogP contribution in [0.2, 0.25) is 0 Å². The van der Waals surface area contributed by atoms with Crippen molar-refractivity contribution in [3.8, 4) is 22.8 Å². The SMILES string of the molecule is COc1ccc(-c2cc(=O)[nH]c(=S)n2CC(C)C(N)=O)c(OC)c1. The van der Waals surface area contributed by atoms with Gasteiger partial charge < -0.3 is 19.8 Å². The number of ether oxygens (including phenoxy) is 2. The number of hydrogen-bond acceptors (Lipinski definition) is 5. The number of carbonyl (C=O) groups is 1. The van der Waals surface area contributed by atoms with Crippen molar-refractivity contribution in [3.63, 3.8) is 0 Å². The molecule has 0 aliphatic carbocycles. The minimum absolute atomic E-state index is 0.212. The first-order valence-corrected chi connectivity index (χ1v) is 7.64. The molecule has 24 heavy (non-hydrogen) atoms. The molecule has 7 nitrogen and oxygen atoms in total. The highest BCUT2D eigenvalue weighted by molar-refractivity contribution is 7.71. The van der Waals surface area contributed by atoms with E-state index in [0.29, 0.717) is 22.8 Å². The number of H-pyrrole nitrogens is 1. The highest BCUT2D eigenvalue weighted by atomic mass is 32.1. The molecule has 0 aliphatic rings. The van der Waals surface area contributed by atoms with Crippen LogP contribution in [-0.2, 0) is 11.3 Å². The predicted octanol–water partition coefficient (Wildman–Crippen LogP) is 1.71. The summed E-state index contributed by atoms with van der Waals surface area (Å²) in [6.07, 6.45) is 0. The lowest BCUT2D eigenvalue weighted by molar-refractivity contribution is -0.121. The van der Waals surface area contributed by atoms with Crippen LogP contribution >= 0.6 is 12.2 Å². The average Bonchev–Trinajstić information content (AvgIpc) is 2.56.